The van der Waals surface area contributed by atoms with Crippen molar-refractivity contribution in [3.63, 3.8) is 0 Å². The smallest absolute Gasteiger partial charge is 0.356 e. The molecule has 0 unspecified atom stereocenters. The second kappa shape index (κ2) is 6.51. The maximum absolute atomic E-state index is 11.0. The number of H-pyrrole nitrogens is 1. The van der Waals surface area contributed by atoms with E-state index in [4.69, 9.17) is 9.84 Å². The Morgan fingerprint density at radius 3 is 2.67 bits per heavy atom. The van der Waals surface area contributed by atoms with Gasteiger partial charge < -0.3 is 15.2 Å². The minimum Gasteiger partial charge on any atom is -0.492 e. The first-order valence-electron chi connectivity index (χ1n) is 6.20. The lowest BCUT2D eigenvalue weighted by Gasteiger charge is -2.07. The molecule has 0 bridgehead atoms. The molecule has 0 atom stereocenters. The van der Waals surface area contributed by atoms with Crippen LogP contribution in [0, 0.1) is 0 Å². The van der Waals surface area contributed by atoms with E-state index in [9.17, 15) is 9.59 Å². The Morgan fingerprint density at radius 1 is 1.33 bits per heavy atom. The topological polar surface area (TPSA) is 117 Å². The van der Waals surface area contributed by atoms with Crippen LogP contribution in [-0.2, 0) is 4.79 Å². The number of carbonyl (C=O) groups excluding carboxylic acids is 1. The number of hydrogen-bond acceptors (Lipinski definition) is 5. The van der Waals surface area contributed by atoms with Crippen LogP contribution in [0.15, 0.2) is 24.3 Å². The summed E-state index contributed by atoms with van der Waals surface area (Å²) in [7, 11) is 0. The number of aromatic nitrogens is 3. The zero-order chi connectivity index (χ0) is 15.2. The number of ether oxygens (including phenoxy) is 1. The van der Waals surface area contributed by atoms with Gasteiger partial charge in [-0.1, -0.05) is 5.21 Å². The second-order valence-electron chi connectivity index (χ2n) is 4.20. The van der Waals surface area contributed by atoms with Crippen LogP contribution in [0.1, 0.15) is 17.4 Å². The Hall–Kier alpha value is -2.90. The summed E-state index contributed by atoms with van der Waals surface area (Å²) in [6.07, 6.45) is 0. The second-order valence-corrected chi connectivity index (χ2v) is 4.20. The maximum Gasteiger partial charge on any atom is 0.356 e. The normalized spacial score (nSPS) is 10.1. The zero-order valence-corrected chi connectivity index (χ0v) is 11.3. The summed E-state index contributed by atoms with van der Waals surface area (Å²) >= 11 is 0. The van der Waals surface area contributed by atoms with Gasteiger partial charge in [-0.2, -0.15) is 0 Å². The molecule has 0 spiro atoms. The SMILES string of the molecule is CC(=O)NCCOc1ccc(-c2nn[nH]c2C(=O)O)cc1. The lowest BCUT2D eigenvalue weighted by molar-refractivity contribution is -0.119. The van der Waals surface area contributed by atoms with Crippen molar-refractivity contribution in [1.29, 1.82) is 0 Å². The monoisotopic (exact) mass is 290 g/mol. The molecule has 0 fully saturated rings. The number of rotatable bonds is 6. The van der Waals surface area contributed by atoms with Crippen LogP contribution >= 0.6 is 0 Å². The number of amides is 1. The molecule has 0 aliphatic rings. The van der Waals surface area contributed by atoms with E-state index in [1.807, 2.05) is 0 Å². The number of carboxylic acids is 1. The third-order valence-corrected chi connectivity index (χ3v) is 2.63. The number of aromatic amines is 1. The number of aromatic carboxylic acids is 1. The van der Waals surface area contributed by atoms with Gasteiger partial charge in [0, 0.05) is 12.5 Å². The molecule has 2 aromatic rings. The summed E-state index contributed by atoms with van der Waals surface area (Å²) in [5.74, 6) is -0.615. The number of carboxylic acid groups (broad SMARTS) is 1. The van der Waals surface area contributed by atoms with E-state index >= 15 is 0 Å². The average Bonchev–Trinajstić information content (AvgIpc) is 2.93. The summed E-state index contributed by atoms with van der Waals surface area (Å²) in [6.45, 7) is 2.21. The quantitative estimate of drug-likeness (QED) is 0.674. The van der Waals surface area contributed by atoms with Crippen LogP contribution in [0.4, 0.5) is 0 Å². The molecule has 3 N–H and O–H groups in total. The van der Waals surface area contributed by atoms with E-state index in [-0.39, 0.29) is 17.3 Å². The van der Waals surface area contributed by atoms with Crippen molar-refractivity contribution in [2.75, 3.05) is 13.2 Å². The van der Waals surface area contributed by atoms with Gasteiger partial charge in [0.05, 0.1) is 6.54 Å². The fraction of sp³-hybridized carbons (Fsp3) is 0.231. The molecule has 0 radical (unpaired) electrons. The van der Waals surface area contributed by atoms with Gasteiger partial charge in [-0.25, -0.2) is 4.79 Å². The van der Waals surface area contributed by atoms with Gasteiger partial charge in [-0.15, -0.1) is 5.10 Å². The number of benzene rings is 1. The molecule has 2 rings (SSSR count). The maximum atomic E-state index is 11.0. The standard InChI is InChI=1S/C13H14N4O4/c1-8(18)14-6-7-21-10-4-2-9(3-5-10)11-12(13(19)20)16-17-15-11/h2-5H,6-7H2,1H3,(H,14,18)(H,19,20)(H,15,16,17). The zero-order valence-electron chi connectivity index (χ0n) is 11.3. The molecule has 110 valence electrons. The first kappa shape index (κ1) is 14.5. The van der Waals surface area contributed by atoms with Gasteiger partial charge in [0.15, 0.2) is 5.69 Å². The summed E-state index contributed by atoms with van der Waals surface area (Å²) < 4.78 is 5.43. The molecular weight excluding hydrogens is 276 g/mol. The highest BCUT2D eigenvalue weighted by Crippen LogP contribution is 2.22. The first-order chi connectivity index (χ1) is 10.1. The predicted octanol–water partition coefficient (Wildman–Crippen LogP) is 0.685. The first-order valence-corrected chi connectivity index (χ1v) is 6.20. The van der Waals surface area contributed by atoms with E-state index in [0.717, 1.165) is 0 Å². The number of carbonyl (C=O) groups is 2. The van der Waals surface area contributed by atoms with Crippen LogP contribution in [0.3, 0.4) is 0 Å². The molecule has 0 saturated heterocycles. The molecule has 0 saturated carbocycles. The highest BCUT2D eigenvalue weighted by atomic mass is 16.5. The van der Waals surface area contributed by atoms with Gasteiger partial charge in [-0.3, -0.25) is 9.89 Å². The summed E-state index contributed by atoms with van der Waals surface area (Å²) in [4.78, 5) is 21.7. The van der Waals surface area contributed by atoms with E-state index in [2.05, 4.69) is 20.7 Å². The van der Waals surface area contributed by atoms with Crippen LogP contribution in [0.5, 0.6) is 5.75 Å². The summed E-state index contributed by atoms with van der Waals surface area (Å²) in [6, 6.07) is 6.78. The van der Waals surface area contributed by atoms with Crippen molar-refractivity contribution in [3.05, 3.63) is 30.0 Å². The highest BCUT2D eigenvalue weighted by Gasteiger charge is 2.15. The number of hydrogen-bond donors (Lipinski definition) is 3. The lowest BCUT2D eigenvalue weighted by Crippen LogP contribution is -2.25. The highest BCUT2D eigenvalue weighted by molar-refractivity contribution is 5.92. The van der Waals surface area contributed by atoms with Crippen molar-refractivity contribution in [2.45, 2.75) is 6.92 Å². The van der Waals surface area contributed by atoms with Crippen LogP contribution in [0.25, 0.3) is 11.3 Å². The Morgan fingerprint density at radius 2 is 2.05 bits per heavy atom. The molecule has 0 aliphatic carbocycles. The molecule has 1 aromatic heterocycles. The molecule has 21 heavy (non-hydrogen) atoms. The van der Waals surface area contributed by atoms with Gasteiger partial charge in [0.1, 0.15) is 18.1 Å². The molecule has 1 aromatic carbocycles. The van der Waals surface area contributed by atoms with Crippen molar-refractivity contribution in [3.8, 4) is 17.0 Å². The van der Waals surface area contributed by atoms with Crippen molar-refractivity contribution in [1.82, 2.24) is 20.7 Å². The number of nitrogens with zero attached hydrogens (tertiary/aromatic N) is 2. The molecular formula is C13H14N4O4. The van der Waals surface area contributed by atoms with Crippen LogP contribution < -0.4 is 10.1 Å². The van der Waals surface area contributed by atoms with Gasteiger partial charge in [0.25, 0.3) is 0 Å². The minimum atomic E-state index is -1.12. The Balaban J connectivity index is 2.00. The number of nitrogens with one attached hydrogen (secondary N) is 2. The largest absolute Gasteiger partial charge is 0.492 e. The van der Waals surface area contributed by atoms with E-state index < -0.39 is 5.97 Å². The van der Waals surface area contributed by atoms with Crippen molar-refractivity contribution in [2.24, 2.45) is 0 Å². The molecule has 1 amide bonds. The van der Waals surface area contributed by atoms with E-state index in [1.165, 1.54) is 6.92 Å². The molecule has 8 heteroatoms. The van der Waals surface area contributed by atoms with E-state index in [1.54, 1.807) is 24.3 Å². The molecule has 0 aliphatic heterocycles. The van der Waals surface area contributed by atoms with Gasteiger partial charge in [0.2, 0.25) is 5.91 Å². The average molecular weight is 290 g/mol. The Bertz CT molecular complexity index is 636. The van der Waals surface area contributed by atoms with Crippen molar-refractivity contribution < 1.29 is 19.4 Å². The molecule has 8 nitrogen and oxygen atoms in total. The third kappa shape index (κ3) is 3.78. The molecule has 1 heterocycles. The predicted molar refractivity (Wildman–Crippen MR) is 73.0 cm³/mol. The van der Waals surface area contributed by atoms with Gasteiger partial charge >= 0.3 is 5.97 Å². The Labute approximate surface area is 120 Å². The minimum absolute atomic E-state index is 0.0608. The van der Waals surface area contributed by atoms with E-state index in [0.29, 0.717) is 24.5 Å². The van der Waals surface area contributed by atoms with Crippen LogP contribution in [-0.4, -0.2) is 45.5 Å². The summed E-state index contributed by atoms with van der Waals surface area (Å²) in [5.41, 5.74) is 0.831. The third-order valence-electron chi connectivity index (χ3n) is 2.63. The summed E-state index contributed by atoms with van der Waals surface area (Å²) in [5, 5.41) is 21.2. The lowest BCUT2D eigenvalue weighted by atomic mass is 10.1. The fourth-order valence-corrected chi connectivity index (χ4v) is 1.68. The van der Waals surface area contributed by atoms with Crippen LogP contribution in [0.2, 0.25) is 0 Å². The van der Waals surface area contributed by atoms with Gasteiger partial charge in [-0.05, 0) is 24.3 Å². The fourth-order valence-electron chi connectivity index (χ4n) is 1.68. The van der Waals surface area contributed by atoms with Crippen molar-refractivity contribution >= 4 is 11.9 Å². The Kier molecular flexibility index (Phi) is 4.50.